The molecule has 1 aromatic carbocycles. The molecule has 6 nitrogen and oxygen atoms in total. The Balaban J connectivity index is 1.93. The molecule has 17 heavy (non-hydrogen) atoms. The maximum atomic E-state index is 5.50. The minimum Gasteiger partial charge on any atom is -0.349 e. The maximum Gasteiger partial charge on any atom is 0.242 e. The molecule has 0 unspecified atom stereocenters. The summed E-state index contributed by atoms with van der Waals surface area (Å²) in [7, 11) is 1.80. The van der Waals surface area contributed by atoms with E-state index in [1.807, 2.05) is 0 Å². The number of nitrogens with one attached hydrogen (secondary N) is 1. The van der Waals surface area contributed by atoms with Gasteiger partial charge in [0.2, 0.25) is 5.95 Å². The Morgan fingerprint density at radius 2 is 1.94 bits per heavy atom. The predicted octanol–water partition coefficient (Wildman–Crippen LogP) is 0.323. The molecule has 3 N–H and O–H groups in total. The molecule has 0 aliphatic heterocycles. The summed E-state index contributed by atoms with van der Waals surface area (Å²) < 4.78 is 1.60. The van der Waals surface area contributed by atoms with Crippen LogP contribution >= 0.6 is 0 Å². The van der Waals surface area contributed by atoms with Crippen LogP contribution in [0.5, 0.6) is 0 Å². The lowest BCUT2D eigenvalue weighted by Crippen LogP contribution is -2.06. The van der Waals surface area contributed by atoms with E-state index in [0.717, 1.165) is 6.42 Å². The number of nitrogens with two attached hydrogens (primary N) is 1. The molecular formula is C11H16N6. The minimum absolute atomic E-state index is 0.663. The fourth-order valence-electron chi connectivity index (χ4n) is 1.55. The fraction of sp³-hybridized carbons (Fsp3) is 0.364. The number of hydrogen-bond acceptors (Lipinski definition) is 5. The summed E-state index contributed by atoms with van der Waals surface area (Å²) in [5.41, 5.74) is 7.95. The van der Waals surface area contributed by atoms with Crippen LogP contribution in [0.15, 0.2) is 24.3 Å². The van der Waals surface area contributed by atoms with Crippen molar-refractivity contribution < 1.29 is 0 Å². The second kappa shape index (κ2) is 5.40. The van der Waals surface area contributed by atoms with Crippen molar-refractivity contribution in [3.63, 3.8) is 0 Å². The van der Waals surface area contributed by atoms with Crippen molar-refractivity contribution in [1.29, 1.82) is 0 Å². The Bertz CT molecular complexity index is 461. The molecule has 0 spiro atoms. The minimum atomic E-state index is 0.663. The van der Waals surface area contributed by atoms with E-state index in [9.17, 15) is 0 Å². The fourth-order valence-corrected chi connectivity index (χ4v) is 1.55. The SMILES string of the molecule is Cn1nnnc1NCc1ccc(CCN)cc1. The summed E-state index contributed by atoms with van der Waals surface area (Å²) in [6.45, 7) is 1.39. The number of aromatic nitrogens is 4. The van der Waals surface area contributed by atoms with Gasteiger partial charge in [0.05, 0.1) is 0 Å². The lowest BCUT2D eigenvalue weighted by molar-refractivity contribution is 0.712. The highest BCUT2D eigenvalue weighted by Gasteiger charge is 2.00. The van der Waals surface area contributed by atoms with Crippen molar-refractivity contribution in [3.05, 3.63) is 35.4 Å². The highest BCUT2D eigenvalue weighted by Crippen LogP contribution is 2.07. The highest BCUT2D eigenvalue weighted by molar-refractivity contribution is 5.28. The van der Waals surface area contributed by atoms with Crippen LogP contribution in [-0.2, 0) is 20.0 Å². The third kappa shape index (κ3) is 3.01. The molecule has 2 rings (SSSR count). The molecule has 0 saturated carbocycles. The molecular weight excluding hydrogens is 216 g/mol. The number of nitrogens with zero attached hydrogens (tertiary/aromatic N) is 4. The van der Waals surface area contributed by atoms with E-state index in [2.05, 4.69) is 45.1 Å². The topological polar surface area (TPSA) is 81.7 Å². The number of aryl methyl sites for hydroxylation is 1. The normalized spacial score (nSPS) is 10.5. The standard InChI is InChI=1S/C11H16N6/c1-17-11(14-15-16-17)13-8-10-4-2-9(3-5-10)6-7-12/h2-5H,6-8,12H2,1H3,(H,13,14,16). The number of benzene rings is 1. The second-order valence-corrected chi connectivity index (χ2v) is 3.83. The van der Waals surface area contributed by atoms with Gasteiger partial charge in [0.15, 0.2) is 0 Å². The first-order valence-electron chi connectivity index (χ1n) is 5.53. The average molecular weight is 232 g/mol. The molecule has 0 bridgehead atoms. The van der Waals surface area contributed by atoms with Crippen LogP contribution in [0.3, 0.4) is 0 Å². The lowest BCUT2D eigenvalue weighted by atomic mass is 10.1. The first-order valence-corrected chi connectivity index (χ1v) is 5.53. The van der Waals surface area contributed by atoms with Crippen molar-refractivity contribution in [2.75, 3.05) is 11.9 Å². The van der Waals surface area contributed by atoms with Gasteiger partial charge < -0.3 is 11.1 Å². The summed E-state index contributed by atoms with van der Waals surface area (Å²) in [5, 5.41) is 14.3. The van der Waals surface area contributed by atoms with Gasteiger partial charge in [-0.15, -0.1) is 0 Å². The lowest BCUT2D eigenvalue weighted by Gasteiger charge is -2.05. The Hall–Kier alpha value is -1.95. The van der Waals surface area contributed by atoms with E-state index < -0.39 is 0 Å². The zero-order valence-corrected chi connectivity index (χ0v) is 9.80. The number of rotatable bonds is 5. The molecule has 0 aliphatic carbocycles. The zero-order chi connectivity index (χ0) is 12.1. The van der Waals surface area contributed by atoms with E-state index in [-0.39, 0.29) is 0 Å². The zero-order valence-electron chi connectivity index (χ0n) is 9.80. The third-order valence-corrected chi connectivity index (χ3v) is 2.53. The largest absolute Gasteiger partial charge is 0.349 e. The first-order chi connectivity index (χ1) is 8.29. The van der Waals surface area contributed by atoms with E-state index in [1.165, 1.54) is 11.1 Å². The monoisotopic (exact) mass is 232 g/mol. The molecule has 0 aliphatic rings. The average Bonchev–Trinajstić information content (AvgIpc) is 2.75. The van der Waals surface area contributed by atoms with E-state index in [0.29, 0.717) is 19.0 Å². The number of anilines is 1. The van der Waals surface area contributed by atoms with Crippen LogP contribution in [-0.4, -0.2) is 26.8 Å². The van der Waals surface area contributed by atoms with Crippen LogP contribution < -0.4 is 11.1 Å². The molecule has 6 heteroatoms. The van der Waals surface area contributed by atoms with E-state index in [1.54, 1.807) is 11.7 Å². The molecule has 0 radical (unpaired) electrons. The first kappa shape index (κ1) is 11.5. The van der Waals surface area contributed by atoms with Crippen molar-refractivity contribution in [3.8, 4) is 0 Å². The van der Waals surface area contributed by atoms with E-state index >= 15 is 0 Å². The molecule has 0 fully saturated rings. The van der Waals surface area contributed by atoms with Gasteiger partial charge in [0, 0.05) is 13.6 Å². The number of tetrazole rings is 1. The molecule has 0 atom stereocenters. The van der Waals surface area contributed by atoms with Crippen molar-refractivity contribution in [1.82, 2.24) is 20.2 Å². The Labute approximate surface area is 99.8 Å². The van der Waals surface area contributed by atoms with Crippen LogP contribution in [0.2, 0.25) is 0 Å². The predicted molar refractivity (Wildman–Crippen MR) is 65.3 cm³/mol. The maximum absolute atomic E-state index is 5.50. The highest BCUT2D eigenvalue weighted by atomic mass is 15.6. The summed E-state index contributed by atoms with van der Waals surface area (Å²) >= 11 is 0. The Morgan fingerprint density at radius 3 is 2.53 bits per heavy atom. The smallest absolute Gasteiger partial charge is 0.242 e. The van der Waals surface area contributed by atoms with Gasteiger partial charge in [-0.05, 0) is 34.5 Å². The van der Waals surface area contributed by atoms with Gasteiger partial charge in [-0.1, -0.05) is 29.4 Å². The Kier molecular flexibility index (Phi) is 3.66. The van der Waals surface area contributed by atoms with Crippen LogP contribution in [0.4, 0.5) is 5.95 Å². The van der Waals surface area contributed by atoms with Crippen molar-refractivity contribution in [2.45, 2.75) is 13.0 Å². The van der Waals surface area contributed by atoms with Crippen LogP contribution in [0, 0.1) is 0 Å². The summed E-state index contributed by atoms with van der Waals surface area (Å²) in [5.74, 6) is 0.663. The molecule has 1 aromatic heterocycles. The Morgan fingerprint density at radius 1 is 1.24 bits per heavy atom. The molecule has 2 aromatic rings. The summed E-state index contributed by atoms with van der Waals surface area (Å²) in [4.78, 5) is 0. The van der Waals surface area contributed by atoms with Crippen molar-refractivity contribution in [2.24, 2.45) is 12.8 Å². The summed E-state index contributed by atoms with van der Waals surface area (Å²) in [6, 6.07) is 8.36. The molecule has 0 amide bonds. The van der Waals surface area contributed by atoms with Crippen LogP contribution in [0.1, 0.15) is 11.1 Å². The quantitative estimate of drug-likeness (QED) is 0.776. The van der Waals surface area contributed by atoms with Gasteiger partial charge in [-0.25, -0.2) is 4.68 Å². The second-order valence-electron chi connectivity index (χ2n) is 3.83. The van der Waals surface area contributed by atoms with E-state index in [4.69, 9.17) is 5.73 Å². The van der Waals surface area contributed by atoms with Gasteiger partial charge >= 0.3 is 0 Å². The van der Waals surface area contributed by atoms with Gasteiger partial charge in [-0.3, -0.25) is 0 Å². The van der Waals surface area contributed by atoms with Gasteiger partial charge in [-0.2, -0.15) is 0 Å². The third-order valence-electron chi connectivity index (χ3n) is 2.53. The molecule has 1 heterocycles. The number of hydrogen-bond donors (Lipinski definition) is 2. The van der Waals surface area contributed by atoms with Crippen LogP contribution in [0.25, 0.3) is 0 Å². The molecule has 0 saturated heterocycles. The molecule has 90 valence electrons. The van der Waals surface area contributed by atoms with Gasteiger partial charge in [0.1, 0.15) is 0 Å². The van der Waals surface area contributed by atoms with Crippen molar-refractivity contribution >= 4 is 5.95 Å². The summed E-state index contributed by atoms with van der Waals surface area (Å²) in [6.07, 6.45) is 0.918. The van der Waals surface area contributed by atoms with Gasteiger partial charge in [0.25, 0.3) is 0 Å².